The molecule has 0 aliphatic heterocycles. The van der Waals surface area contributed by atoms with Crippen LogP contribution in [0.2, 0.25) is 0 Å². The molecule has 22 heavy (non-hydrogen) atoms. The number of benzene rings is 1. The lowest BCUT2D eigenvalue weighted by Crippen LogP contribution is -2.45. The SMILES string of the molecule is CCN(CCc1ccccc1)C(=O)C(N)CCS(C)(=O)=O.Cl. The monoisotopic (exact) mass is 348 g/mol. The van der Waals surface area contributed by atoms with Crippen molar-refractivity contribution in [3.05, 3.63) is 35.9 Å². The summed E-state index contributed by atoms with van der Waals surface area (Å²) in [5.74, 6) is -0.243. The number of amides is 1. The summed E-state index contributed by atoms with van der Waals surface area (Å²) in [6, 6.07) is 9.16. The molecule has 1 amide bonds. The van der Waals surface area contributed by atoms with E-state index >= 15 is 0 Å². The van der Waals surface area contributed by atoms with Crippen LogP contribution < -0.4 is 5.73 Å². The van der Waals surface area contributed by atoms with Gasteiger partial charge in [-0.15, -0.1) is 12.4 Å². The molecule has 5 nitrogen and oxygen atoms in total. The number of likely N-dealkylation sites (N-methyl/N-ethyl adjacent to an activating group) is 1. The zero-order chi connectivity index (χ0) is 15.9. The number of nitrogens with zero attached hydrogens (tertiary/aromatic N) is 1. The molecule has 1 rings (SSSR count). The fraction of sp³-hybridized carbons (Fsp3) is 0.533. The summed E-state index contributed by atoms with van der Waals surface area (Å²) in [5, 5.41) is 0. The van der Waals surface area contributed by atoms with E-state index in [0.29, 0.717) is 13.1 Å². The first kappa shape index (κ1) is 20.9. The Morgan fingerprint density at radius 1 is 1.27 bits per heavy atom. The van der Waals surface area contributed by atoms with E-state index in [2.05, 4.69) is 0 Å². The normalized spacial score (nSPS) is 12.3. The Bertz CT molecular complexity index is 549. The van der Waals surface area contributed by atoms with E-state index < -0.39 is 15.9 Å². The molecule has 0 aliphatic rings. The van der Waals surface area contributed by atoms with E-state index in [1.807, 2.05) is 37.3 Å². The molecule has 0 saturated carbocycles. The largest absolute Gasteiger partial charge is 0.341 e. The standard InChI is InChI=1S/C15H24N2O3S.ClH/c1-3-17(11-9-13-7-5-4-6-8-13)15(18)14(16)10-12-21(2,19)20;/h4-8,14H,3,9-12,16H2,1-2H3;1H. The number of sulfone groups is 1. The fourth-order valence-electron chi connectivity index (χ4n) is 2.03. The van der Waals surface area contributed by atoms with E-state index in [1.165, 1.54) is 0 Å². The van der Waals surface area contributed by atoms with Crippen LogP contribution >= 0.6 is 12.4 Å². The molecule has 1 unspecified atom stereocenters. The van der Waals surface area contributed by atoms with Crippen LogP contribution in [0.4, 0.5) is 0 Å². The summed E-state index contributed by atoms with van der Waals surface area (Å²) < 4.78 is 22.3. The zero-order valence-corrected chi connectivity index (χ0v) is 14.7. The molecule has 0 heterocycles. The maximum atomic E-state index is 12.2. The minimum atomic E-state index is -3.09. The topological polar surface area (TPSA) is 80.5 Å². The highest BCUT2D eigenvalue weighted by molar-refractivity contribution is 7.90. The summed E-state index contributed by atoms with van der Waals surface area (Å²) in [6.45, 7) is 3.05. The lowest BCUT2D eigenvalue weighted by Gasteiger charge is -2.24. The average molecular weight is 349 g/mol. The molecule has 0 aliphatic carbocycles. The minimum absolute atomic E-state index is 0. The van der Waals surface area contributed by atoms with Crippen LogP contribution in [0.1, 0.15) is 18.9 Å². The average Bonchev–Trinajstić information content (AvgIpc) is 2.45. The van der Waals surface area contributed by atoms with Crippen molar-refractivity contribution in [2.24, 2.45) is 5.73 Å². The first-order valence-corrected chi connectivity index (χ1v) is 9.15. The maximum absolute atomic E-state index is 12.2. The molecular weight excluding hydrogens is 324 g/mol. The second-order valence-electron chi connectivity index (χ2n) is 5.18. The highest BCUT2D eigenvalue weighted by Crippen LogP contribution is 2.04. The zero-order valence-electron chi connectivity index (χ0n) is 13.1. The van der Waals surface area contributed by atoms with Gasteiger partial charge in [-0.25, -0.2) is 8.42 Å². The third-order valence-electron chi connectivity index (χ3n) is 3.32. The van der Waals surface area contributed by atoms with Gasteiger partial charge in [-0.1, -0.05) is 30.3 Å². The molecule has 0 aromatic heterocycles. The van der Waals surface area contributed by atoms with Crippen LogP contribution in [0.3, 0.4) is 0 Å². The maximum Gasteiger partial charge on any atom is 0.239 e. The smallest absolute Gasteiger partial charge is 0.239 e. The van der Waals surface area contributed by atoms with Crippen LogP contribution in [-0.4, -0.2) is 50.4 Å². The Labute approximate surface area is 139 Å². The number of hydrogen-bond donors (Lipinski definition) is 1. The van der Waals surface area contributed by atoms with Crippen molar-refractivity contribution in [1.29, 1.82) is 0 Å². The number of halogens is 1. The van der Waals surface area contributed by atoms with Crippen molar-refractivity contribution in [3.63, 3.8) is 0 Å². The van der Waals surface area contributed by atoms with E-state index in [0.717, 1.165) is 18.2 Å². The van der Waals surface area contributed by atoms with Crippen LogP contribution in [0.15, 0.2) is 30.3 Å². The van der Waals surface area contributed by atoms with Crippen LogP contribution in [0, 0.1) is 0 Å². The van der Waals surface area contributed by atoms with Gasteiger partial charge in [0.05, 0.1) is 11.8 Å². The van der Waals surface area contributed by atoms with E-state index in [9.17, 15) is 13.2 Å². The number of hydrogen-bond acceptors (Lipinski definition) is 4. The van der Waals surface area contributed by atoms with Gasteiger partial charge in [0.15, 0.2) is 0 Å². The summed E-state index contributed by atoms with van der Waals surface area (Å²) >= 11 is 0. The lowest BCUT2D eigenvalue weighted by atomic mass is 10.1. The van der Waals surface area contributed by atoms with Gasteiger partial charge in [0.1, 0.15) is 9.84 Å². The predicted octanol–water partition coefficient (Wildman–Crippen LogP) is 1.26. The Hall–Kier alpha value is -1.11. The van der Waals surface area contributed by atoms with E-state index in [1.54, 1.807) is 4.90 Å². The molecule has 1 atom stereocenters. The highest BCUT2D eigenvalue weighted by Gasteiger charge is 2.20. The van der Waals surface area contributed by atoms with Gasteiger partial charge < -0.3 is 10.6 Å². The van der Waals surface area contributed by atoms with Gasteiger partial charge in [0.2, 0.25) is 5.91 Å². The third-order valence-corrected chi connectivity index (χ3v) is 4.30. The fourth-order valence-corrected chi connectivity index (χ4v) is 2.71. The molecule has 0 saturated heterocycles. The Morgan fingerprint density at radius 3 is 2.36 bits per heavy atom. The summed E-state index contributed by atoms with van der Waals surface area (Å²) in [5.41, 5.74) is 6.97. The van der Waals surface area contributed by atoms with Gasteiger partial charge >= 0.3 is 0 Å². The molecule has 0 radical (unpaired) electrons. The molecule has 7 heteroatoms. The summed E-state index contributed by atoms with van der Waals surface area (Å²) in [6.07, 6.45) is 2.08. The van der Waals surface area contributed by atoms with Gasteiger partial charge in [-0.05, 0) is 25.3 Å². The number of rotatable bonds is 8. The van der Waals surface area contributed by atoms with Crippen molar-refractivity contribution in [2.75, 3.05) is 25.1 Å². The molecule has 2 N–H and O–H groups in total. The Balaban J connectivity index is 0.00000441. The van der Waals surface area contributed by atoms with Crippen LogP contribution in [-0.2, 0) is 21.1 Å². The van der Waals surface area contributed by atoms with Crippen molar-refractivity contribution in [3.8, 4) is 0 Å². The molecule has 0 fully saturated rings. The minimum Gasteiger partial charge on any atom is -0.341 e. The second-order valence-corrected chi connectivity index (χ2v) is 7.44. The van der Waals surface area contributed by atoms with Crippen LogP contribution in [0.25, 0.3) is 0 Å². The highest BCUT2D eigenvalue weighted by atomic mass is 35.5. The molecule has 1 aromatic carbocycles. The van der Waals surface area contributed by atoms with Crippen molar-refractivity contribution >= 4 is 28.2 Å². The van der Waals surface area contributed by atoms with Gasteiger partial charge in [-0.2, -0.15) is 0 Å². The van der Waals surface area contributed by atoms with Crippen molar-refractivity contribution in [1.82, 2.24) is 4.90 Å². The van der Waals surface area contributed by atoms with Crippen molar-refractivity contribution in [2.45, 2.75) is 25.8 Å². The number of nitrogens with two attached hydrogens (primary N) is 1. The predicted molar refractivity (Wildman–Crippen MR) is 92.0 cm³/mol. The Morgan fingerprint density at radius 2 is 1.86 bits per heavy atom. The van der Waals surface area contributed by atoms with Gasteiger partial charge in [0, 0.05) is 19.3 Å². The first-order valence-electron chi connectivity index (χ1n) is 7.09. The molecule has 1 aromatic rings. The molecule has 0 bridgehead atoms. The Kier molecular flexibility index (Phi) is 9.32. The summed E-state index contributed by atoms with van der Waals surface area (Å²) in [4.78, 5) is 13.9. The van der Waals surface area contributed by atoms with Crippen LogP contribution in [0.5, 0.6) is 0 Å². The van der Waals surface area contributed by atoms with E-state index in [4.69, 9.17) is 5.73 Å². The summed E-state index contributed by atoms with van der Waals surface area (Å²) in [7, 11) is -3.09. The molecule has 126 valence electrons. The van der Waals surface area contributed by atoms with Gasteiger partial charge in [0.25, 0.3) is 0 Å². The molecule has 0 spiro atoms. The number of carbonyl (C=O) groups is 1. The second kappa shape index (κ2) is 9.82. The lowest BCUT2D eigenvalue weighted by molar-refractivity contribution is -0.132. The first-order chi connectivity index (χ1) is 9.83. The van der Waals surface area contributed by atoms with E-state index in [-0.39, 0.29) is 30.5 Å². The quantitative estimate of drug-likeness (QED) is 0.767. The van der Waals surface area contributed by atoms with Gasteiger partial charge in [-0.3, -0.25) is 4.79 Å². The van der Waals surface area contributed by atoms with Crippen molar-refractivity contribution < 1.29 is 13.2 Å². The number of carbonyl (C=O) groups excluding carboxylic acids is 1. The molecular formula is C15H25ClN2O3S. The third kappa shape index (κ3) is 7.77.